The van der Waals surface area contributed by atoms with Gasteiger partial charge in [-0.2, -0.15) is 0 Å². The molecule has 0 heterocycles. The number of carbonyl (C=O) groups excluding carboxylic acids is 1. The van der Waals surface area contributed by atoms with Crippen LogP contribution >= 0.6 is 0 Å². The van der Waals surface area contributed by atoms with Gasteiger partial charge in [-0.3, -0.25) is 4.79 Å². The molecule has 0 fully saturated rings. The molecule has 0 aromatic carbocycles. The van der Waals surface area contributed by atoms with Crippen molar-refractivity contribution < 1.29 is 9.90 Å². The summed E-state index contributed by atoms with van der Waals surface area (Å²) in [5.74, 6) is -0.519. The Morgan fingerprint density at radius 2 is 2.44 bits per heavy atom. The predicted octanol–water partition coefficient (Wildman–Crippen LogP) is 0.669. The highest BCUT2D eigenvalue weighted by molar-refractivity contribution is 5.58. The summed E-state index contributed by atoms with van der Waals surface area (Å²) in [5, 5.41) is 8.98. The monoisotopic (exact) mass is 127 g/mol. The molecule has 0 aromatic heterocycles. The van der Waals surface area contributed by atoms with Crippen LogP contribution in [0.5, 0.6) is 0 Å². The van der Waals surface area contributed by atoms with Crippen LogP contribution in [0.15, 0.2) is 12.7 Å². The molecule has 0 spiro atoms. The fraction of sp³-hybridized carbons (Fsp3) is 0.571. The molecule has 0 aliphatic heterocycles. The van der Waals surface area contributed by atoms with Crippen molar-refractivity contribution in [2.45, 2.75) is 19.4 Å². The Hall–Kier alpha value is -0.630. The van der Waals surface area contributed by atoms with E-state index in [0.717, 1.165) is 0 Å². The molecule has 0 bridgehead atoms. The molecular weight excluding hydrogens is 116 g/mol. The summed E-state index contributed by atoms with van der Waals surface area (Å²) >= 11 is 0. The van der Waals surface area contributed by atoms with Gasteiger partial charge >= 0.3 is 0 Å². The van der Waals surface area contributed by atoms with Gasteiger partial charge in [0.15, 0.2) is 0 Å². The highest BCUT2D eigenvalue weighted by Crippen LogP contribution is 2.04. The second kappa shape index (κ2) is 4.27. The summed E-state index contributed by atoms with van der Waals surface area (Å²) in [6.45, 7) is 5.18. The van der Waals surface area contributed by atoms with E-state index < -0.39 is 12.0 Å². The largest absolute Gasteiger partial charge is 0.392 e. The quantitative estimate of drug-likeness (QED) is 0.563. The van der Waals surface area contributed by atoms with Gasteiger partial charge in [0.25, 0.3) is 0 Å². The summed E-state index contributed by atoms with van der Waals surface area (Å²) in [4.78, 5) is 9.98. The van der Waals surface area contributed by atoms with Crippen LogP contribution in [0.1, 0.15) is 13.3 Å². The molecular formula is C7H11O2. The van der Waals surface area contributed by atoms with E-state index in [1.807, 2.05) is 0 Å². The van der Waals surface area contributed by atoms with Crippen molar-refractivity contribution in [1.82, 2.24) is 0 Å². The van der Waals surface area contributed by atoms with Gasteiger partial charge in [-0.05, 0) is 6.42 Å². The summed E-state index contributed by atoms with van der Waals surface area (Å²) in [6, 6.07) is 0. The Morgan fingerprint density at radius 3 is 2.56 bits per heavy atom. The number of aliphatic hydroxyl groups excluding tert-OH is 1. The molecule has 0 aliphatic rings. The zero-order valence-corrected chi connectivity index (χ0v) is 5.50. The Morgan fingerprint density at radius 1 is 1.89 bits per heavy atom. The van der Waals surface area contributed by atoms with Gasteiger partial charge in [0.2, 0.25) is 6.29 Å². The van der Waals surface area contributed by atoms with Crippen molar-refractivity contribution in [3.8, 4) is 0 Å². The third-order valence-electron chi connectivity index (χ3n) is 1.22. The molecule has 0 rings (SSSR count). The molecule has 9 heavy (non-hydrogen) atoms. The molecule has 1 radical (unpaired) electrons. The van der Waals surface area contributed by atoms with Gasteiger partial charge in [0, 0.05) is 0 Å². The number of rotatable bonds is 4. The van der Waals surface area contributed by atoms with Crippen molar-refractivity contribution >= 4 is 6.29 Å². The second-order valence-corrected chi connectivity index (χ2v) is 1.85. The maximum atomic E-state index is 9.98. The van der Waals surface area contributed by atoms with Crippen LogP contribution < -0.4 is 0 Å². The number of aliphatic hydroxyl groups is 1. The molecule has 0 aromatic rings. The van der Waals surface area contributed by atoms with Crippen LogP contribution in [0.2, 0.25) is 0 Å². The summed E-state index contributed by atoms with van der Waals surface area (Å²) in [6.07, 6.45) is 3.04. The zero-order chi connectivity index (χ0) is 7.28. The molecule has 2 heteroatoms. The normalized spacial score (nSPS) is 16.2. The highest BCUT2D eigenvalue weighted by Gasteiger charge is 2.12. The van der Waals surface area contributed by atoms with E-state index in [1.54, 1.807) is 13.2 Å². The van der Waals surface area contributed by atoms with Crippen molar-refractivity contribution in [2.24, 2.45) is 5.92 Å². The molecule has 1 N–H and O–H groups in total. The third kappa shape index (κ3) is 2.42. The van der Waals surface area contributed by atoms with Gasteiger partial charge in [-0.25, -0.2) is 0 Å². The Labute approximate surface area is 55.2 Å². The maximum Gasteiger partial charge on any atom is 0.208 e. The lowest BCUT2D eigenvalue weighted by atomic mass is 10.0. The zero-order valence-electron chi connectivity index (χ0n) is 5.50. The molecule has 2 nitrogen and oxygen atoms in total. The van der Waals surface area contributed by atoms with Crippen molar-refractivity contribution in [2.75, 3.05) is 0 Å². The van der Waals surface area contributed by atoms with Crippen LogP contribution in [-0.2, 0) is 4.79 Å². The minimum Gasteiger partial charge on any atom is -0.392 e. The average Bonchev–Trinajstić information content (AvgIpc) is 1.90. The van der Waals surface area contributed by atoms with E-state index in [1.165, 1.54) is 6.08 Å². The fourth-order valence-corrected chi connectivity index (χ4v) is 0.538. The van der Waals surface area contributed by atoms with Crippen LogP contribution in [0.3, 0.4) is 0 Å². The predicted molar refractivity (Wildman–Crippen MR) is 35.7 cm³/mol. The number of hydrogen-bond donors (Lipinski definition) is 1. The Kier molecular flexibility index (Phi) is 3.97. The van der Waals surface area contributed by atoms with E-state index in [0.29, 0.717) is 6.42 Å². The Balaban J connectivity index is 3.77. The molecule has 0 amide bonds. The minimum absolute atomic E-state index is 0.519. The first kappa shape index (κ1) is 8.37. The van der Waals surface area contributed by atoms with Crippen LogP contribution in [-0.4, -0.2) is 17.5 Å². The SMILES string of the molecule is C=CC([C]=O)C(O)CC. The molecule has 2 unspecified atom stereocenters. The first-order valence-corrected chi connectivity index (χ1v) is 2.94. The third-order valence-corrected chi connectivity index (χ3v) is 1.22. The van der Waals surface area contributed by atoms with E-state index >= 15 is 0 Å². The van der Waals surface area contributed by atoms with Gasteiger partial charge in [0.1, 0.15) is 0 Å². The molecule has 0 saturated heterocycles. The van der Waals surface area contributed by atoms with Crippen molar-refractivity contribution in [3.63, 3.8) is 0 Å². The van der Waals surface area contributed by atoms with Crippen LogP contribution in [0.4, 0.5) is 0 Å². The lowest BCUT2D eigenvalue weighted by Gasteiger charge is -2.08. The van der Waals surface area contributed by atoms with Gasteiger partial charge in [-0.1, -0.05) is 13.0 Å². The molecule has 0 aliphatic carbocycles. The van der Waals surface area contributed by atoms with E-state index in [4.69, 9.17) is 5.11 Å². The average molecular weight is 127 g/mol. The van der Waals surface area contributed by atoms with Crippen LogP contribution in [0.25, 0.3) is 0 Å². The lowest BCUT2D eigenvalue weighted by molar-refractivity contribution is 0.150. The summed E-state index contributed by atoms with van der Waals surface area (Å²) < 4.78 is 0. The molecule has 0 saturated carbocycles. The molecule has 2 atom stereocenters. The van der Waals surface area contributed by atoms with Crippen LogP contribution in [0, 0.1) is 5.92 Å². The van der Waals surface area contributed by atoms with E-state index in [2.05, 4.69) is 6.58 Å². The standard InChI is InChI=1S/C7H11O2/c1-3-6(5-8)7(9)4-2/h3,6-7,9H,1,4H2,2H3. The van der Waals surface area contributed by atoms with Gasteiger partial charge < -0.3 is 5.11 Å². The fourth-order valence-electron chi connectivity index (χ4n) is 0.538. The Bertz CT molecular complexity index is 91.1. The van der Waals surface area contributed by atoms with Crippen molar-refractivity contribution in [3.05, 3.63) is 12.7 Å². The van der Waals surface area contributed by atoms with Crippen molar-refractivity contribution in [1.29, 1.82) is 0 Å². The smallest absolute Gasteiger partial charge is 0.208 e. The summed E-state index contributed by atoms with van der Waals surface area (Å²) in [7, 11) is 0. The first-order chi connectivity index (χ1) is 4.26. The van der Waals surface area contributed by atoms with E-state index in [-0.39, 0.29) is 0 Å². The van der Waals surface area contributed by atoms with Gasteiger partial charge in [0.05, 0.1) is 12.0 Å². The maximum absolute atomic E-state index is 9.98. The highest BCUT2D eigenvalue weighted by atomic mass is 16.3. The second-order valence-electron chi connectivity index (χ2n) is 1.85. The van der Waals surface area contributed by atoms with Gasteiger partial charge in [-0.15, -0.1) is 6.58 Å². The first-order valence-electron chi connectivity index (χ1n) is 2.94. The summed E-state index contributed by atoms with van der Waals surface area (Å²) in [5.41, 5.74) is 0. The minimum atomic E-state index is -0.611. The topological polar surface area (TPSA) is 37.3 Å². The molecule has 51 valence electrons. The number of hydrogen-bond acceptors (Lipinski definition) is 2. The van der Waals surface area contributed by atoms with E-state index in [9.17, 15) is 4.79 Å². The lowest BCUT2D eigenvalue weighted by Crippen LogP contribution is -2.17.